The maximum atomic E-state index is 12.4. The van der Waals surface area contributed by atoms with Crippen molar-refractivity contribution in [3.05, 3.63) is 76.8 Å². The number of nitrogens with zero attached hydrogens (tertiary/aromatic N) is 1. The van der Waals surface area contributed by atoms with E-state index in [2.05, 4.69) is 0 Å². The topological polar surface area (TPSA) is 37.4 Å². The summed E-state index contributed by atoms with van der Waals surface area (Å²) >= 11 is 5.81. The summed E-state index contributed by atoms with van der Waals surface area (Å²) in [5.41, 5.74) is 2.26. The predicted octanol–water partition coefficient (Wildman–Crippen LogP) is 3.41. The molecule has 0 saturated heterocycles. The summed E-state index contributed by atoms with van der Waals surface area (Å²) in [6.07, 6.45) is 1.52. The molecule has 3 nitrogen and oxygen atoms in total. The number of rotatable bonds is 2. The molecule has 0 unspecified atom stereocenters. The van der Waals surface area contributed by atoms with Crippen molar-refractivity contribution in [1.29, 1.82) is 0 Å². The Kier molecular flexibility index (Phi) is 3.59. The average molecular weight is 298 g/mol. The minimum Gasteiger partial charge on any atom is -0.270 e. The number of carbonyl (C=O) groups is 2. The lowest BCUT2D eigenvalue weighted by atomic mass is 10.1. The smallest absolute Gasteiger partial charge is 0.261 e. The van der Waals surface area contributed by atoms with Crippen LogP contribution in [0.3, 0.4) is 0 Å². The summed E-state index contributed by atoms with van der Waals surface area (Å²) in [5.74, 6) is -0.590. The lowest BCUT2D eigenvalue weighted by molar-refractivity contribution is -0.122. The van der Waals surface area contributed by atoms with Crippen molar-refractivity contribution >= 4 is 29.0 Å². The van der Waals surface area contributed by atoms with E-state index in [0.29, 0.717) is 17.1 Å². The second-order valence-corrected chi connectivity index (χ2v) is 5.21. The summed E-state index contributed by atoms with van der Waals surface area (Å²) < 4.78 is 0. The predicted molar refractivity (Wildman–Crippen MR) is 81.9 cm³/mol. The van der Waals surface area contributed by atoms with Gasteiger partial charge in [0.1, 0.15) is 0 Å². The van der Waals surface area contributed by atoms with Crippen LogP contribution in [0.15, 0.2) is 60.7 Å². The lowest BCUT2D eigenvalue weighted by Crippen LogP contribution is -2.32. The quantitative estimate of drug-likeness (QED) is 0.797. The molecule has 0 bridgehead atoms. The molecule has 21 heavy (non-hydrogen) atoms. The van der Waals surface area contributed by atoms with E-state index in [-0.39, 0.29) is 11.8 Å². The van der Waals surface area contributed by atoms with Crippen molar-refractivity contribution in [3.63, 3.8) is 0 Å². The molecule has 0 saturated carbocycles. The number of amides is 2. The lowest BCUT2D eigenvalue weighted by Gasteiger charge is -2.14. The van der Waals surface area contributed by atoms with Gasteiger partial charge >= 0.3 is 0 Å². The van der Waals surface area contributed by atoms with Crippen LogP contribution in [0.25, 0.3) is 5.57 Å². The van der Waals surface area contributed by atoms with Crippen LogP contribution >= 0.6 is 11.6 Å². The van der Waals surface area contributed by atoms with Crippen LogP contribution in [0.1, 0.15) is 15.9 Å². The maximum Gasteiger partial charge on any atom is 0.261 e. The van der Waals surface area contributed by atoms with Gasteiger partial charge in [0.25, 0.3) is 11.8 Å². The number of benzene rings is 2. The highest BCUT2D eigenvalue weighted by atomic mass is 35.5. The Labute approximate surface area is 127 Å². The molecular formula is C17H12ClNO2. The van der Waals surface area contributed by atoms with Crippen molar-refractivity contribution in [1.82, 2.24) is 4.90 Å². The fourth-order valence-electron chi connectivity index (χ4n) is 2.27. The maximum absolute atomic E-state index is 12.4. The van der Waals surface area contributed by atoms with Gasteiger partial charge in [-0.2, -0.15) is 0 Å². The highest BCUT2D eigenvalue weighted by molar-refractivity contribution is 6.30. The van der Waals surface area contributed by atoms with E-state index in [9.17, 15) is 9.59 Å². The van der Waals surface area contributed by atoms with Crippen LogP contribution in [0, 0.1) is 0 Å². The Hall–Kier alpha value is -2.39. The monoisotopic (exact) mass is 297 g/mol. The second-order valence-electron chi connectivity index (χ2n) is 4.77. The first-order valence-corrected chi connectivity index (χ1v) is 6.90. The number of carbonyl (C=O) groups excluding carboxylic acids is 2. The third kappa shape index (κ3) is 2.73. The third-order valence-corrected chi connectivity index (χ3v) is 3.63. The Morgan fingerprint density at radius 1 is 1.00 bits per heavy atom. The zero-order chi connectivity index (χ0) is 14.8. The summed E-state index contributed by atoms with van der Waals surface area (Å²) in [7, 11) is 0. The van der Waals surface area contributed by atoms with Crippen LogP contribution < -0.4 is 0 Å². The standard InChI is InChI=1S/C17H12ClNO2/c18-15-8-6-13(7-9-15)17(21)19-11-14(10-16(19)20)12-4-2-1-3-5-12/h1-10H,11H2. The van der Waals surface area contributed by atoms with E-state index in [0.717, 1.165) is 11.1 Å². The van der Waals surface area contributed by atoms with Crippen molar-refractivity contribution in [2.45, 2.75) is 0 Å². The normalized spacial score (nSPS) is 14.2. The van der Waals surface area contributed by atoms with Crippen molar-refractivity contribution in [2.24, 2.45) is 0 Å². The van der Waals surface area contributed by atoms with E-state index < -0.39 is 0 Å². The van der Waals surface area contributed by atoms with Crippen LogP contribution in [-0.4, -0.2) is 23.3 Å². The van der Waals surface area contributed by atoms with E-state index in [1.54, 1.807) is 24.3 Å². The Morgan fingerprint density at radius 2 is 1.67 bits per heavy atom. The molecule has 2 aromatic rings. The van der Waals surface area contributed by atoms with Gasteiger partial charge in [0.2, 0.25) is 0 Å². The van der Waals surface area contributed by atoms with E-state index in [4.69, 9.17) is 11.6 Å². The van der Waals surface area contributed by atoms with E-state index in [1.165, 1.54) is 11.0 Å². The number of hydrogen-bond acceptors (Lipinski definition) is 2. The molecule has 0 aliphatic carbocycles. The van der Waals surface area contributed by atoms with Gasteiger partial charge in [0, 0.05) is 16.7 Å². The number of imide groups is 1. The zero-order valence-electron chi connectivity index (χ0n) is 11.1. The molecule has 104 valence electrons. The SMILES string of the molecule is O=C1C=C(c2ccccc2)CN1C(=O)c1ccc(Cl)cc1. The van der Waals surface area contributed by atoms with Crippen LogP contribution in [-0.2, 0) is 4.79 Å². The number of halogens is 1. The fourth-order valence-corrected chi connectivity index (χ4v) is 2.39. The van der Waals surface area contributed by atoms with Gasteiger partial charge in [-0.1, -0.05) is 41.9 Å². The molecule has 0 N–H and O–H groups in total. The van der Waals surface area contributed by atoms with Gasteiger partial charge in [-0.05, 0) is 35.4 Å². The van der Waals surface area contributed by atoms with Gasteiger partial charge < -0.3 is 0 Å². The first-order valence-electron chi connectivity index (χ1n) is 6.52. The minimum absolute atomic E-state index is 0.284. The molecule has 0 aromatic heterocycles. The van der Waals surface area contributed by atoms with E-state index in [1.807, 2.05) is 30.3 Å². The Bertz CT molecular complexity index is 720. The molecule has 3 rings (SSSR count). The van der Waals surface area contributed by atoms with Crippen LogP contribution in [0.4, 0.5) is 0 Å². The van der Waals surface area contributed by atoms with Gasteiger partial charge in [-0.15, -0.1) is 0 Å². The molecule has 2 amide bonds. The summed E-state index contributed by atoms with van der Waals surface area (Å²) in [4.78, 5) is 25.7. The second kappa shape index (κ2) is 5.54. The first-order chi connectivity index (χ1) is 10.1. The molecule has 0 radical (unpaired) electrons. The van der Waals surface area contributed by atoms with Crippen molar-refractivity contribution in [3.8, 4) is 0 Å². The molecule has 1 heterocycles. The summed E-state index contributed by atoms with van der Waals surface area (Å²) in [6.45, 7) is 0.296. The summed E-state index contributed by atoms with van der Waals surface area (Å²) in [6, 6.07) is 16.1. The molecule has 1 aliphatic rings. The molecular weight excluding hydrogens is 286 g/mol. The molecule has 1 aliphatic heterocycles. The van der Waals surface area contributed by atoms with Crippen molar-refractivity contribution < 1.29 is 9.59 Å². The van der Waals surface area contributed by atoms with E-state index >= 15 is 0 Å². The van der Waals surface area contributed by atoms with Gasteiger partial charge in [-0.25, -0.2) is 0 Å². The Morgan fingerprint density at radius 3 is 2.33 bits per heavy atom. The molecule has 0 fully saturated rings. The third-order valence-electron chi connectivity index (χ3n) is 3.37. The fraction of sp³-hybridized carbons (Fsp3) is 0.0588. The summed E-state index contributed by atoms with van der Waals surface area (Å²) in [5, 5.41) is 0.558. The van der Waals surface area contributed by atoms with Crippen LogP contribution in [0.5, 0.6) is 0 Å². The largest absolute Gasteiger partial charge is 0.270 e. The van der Waals surface area contributed by atoms with Crippen LogP contribution in [0.2, 0.25) is 5.02 Å². The highest BCUT2D eigenvalue weighted by Crippen LogP contribution is 2.23. The first kappa shape index (κ1) is 13.6. The Balaban J connectivity index is 1.82. The number of hydrogen-bond donors (Lipinski definition) is 0. The highest BCUT2D eigenvalue weighted by Gasteiger charge is 2.28. The molecule has 0 atom stereocenters. The van der Waals surface area contributed by atoms with Gasteiger partial charge in [0.15, 0.2) is 0 Å². The average Bonchev–Trinajstić information content (AvgIpc) is 2.90. The molecule has 0 spiro atoms. The van der Waals surface area contributed by atoms with Gasteiger partial charge in [0.05, 0.1) is 6.54 Å². The molecule has 2 aromatic carbocycles. The zero-order valence-corrected chi connectivity index (χ0v) is 11.9. The molecule has 4 heteroatoms. The minimum atomic E-state index is -0.307. The van der Waals surface area contributed by atoms with Gasteiger partial charge in [-0.3, -0.25) is 14.5 Å². The van der Waals surface area contributed by atoms with Crippen molar-refractivity contribution in [2.75, 3.05) is 6.54 Å².